The maximum Gasteiger partial charge on any atom is 1.00 e. The number of hydrogen-bond donors (Lipinski definition) is 1. The molecule has 0 aromatic heterocycles. The van der Waals surface area contributed by atoms with Crippen LogP contribution in [0.5, 0.6) is 0 Å². The van der Waals surface area contributed by atoms with E-state index in [0.29, 0.717) is 12.5 Å². The smallest absolute Gasteiger partial charge is 0.652 e. The summed E-state index contributed by atoms with van der Waals surface area (Å²) in [6.45, 7) is 5.65. The Kier molecular flexibility index (Phi) is 20.7. The first-order valence-corrected chi connectivity index (χ1v) is 7.75. The molecule has 0 saturated heterocycles. The molecule has 25 heavy (non-hydrogen) atoms. The molecule has 0 aromatic rings. The fraction of sp³-hybridized carbons (Fsp3) is 0.800. The number of carbonyl (C=O) groups is 3. The van der Waals surface area contributed by atoms with E-state index in [1.165, 1.54) is 19.3 Å². The van der Waals surface area contributed by atoms with Crippen LogP contribution in [-0.4, -0.2) is 31.1 Å². The third kappa shape index (κ3) is 18.6. The van der Waals surface area contributed by atoms with Gasteiger partial charge in [0, 0.05) is 13.5 Å². The Morgan fingerprint density at radius 2 is 1.48 bits per heavy atom. The zero-order valence-electron chi connectivity index (χ0n) is 15.8. The third-order valence-electron chi connectivity index (χ3n) is 3.29. The molecule has 1 N–H and O–H groups in total. The Balaban J connectivity index is -0.000000728. The molecule has 0 radical (unpaired) electrons. The second-order valence-corrected chi connectivity index (χ2v) is 5.70. The van der Waals surface area contributed by atoms with Crippen molar-refractivity contribution >= 4 is 18.2 Å². The number of carbonyl (C=O) groups excluding carboxylic acids is 3. The monoisotopic (exact) mass is 377 g/mol. The fourth-order valence-corrected chi connectivity index (χ4v) is 2.14. The van der Waals surface area contributed by atoms with Crippen molar-refractivity contribution in [2.45, 2.75) is 59.2 Å². The molecule has 10 heteroatoms. The van der Waals surface area contributed by atoms with Crippen LogP contribution in [0.2, 0.25) is 0 Å². The minimum atomic E-state index is -2.33. The molecule has 0 unspecified atom stereocenters. The summed E-state index contributed by atoms with van der Waals surface area (Å²) in [6, 6.07) is 0. The van der Waals surface area contributed by atoms with Crippen molar-refractivity contribution in [1.29, 1.82) is 0 Å². The predicted octanol–water partition coefficient (Wildman–Crippen LogP) is -5.60. The molecular weight excluding hydrogens is 352 g/mol. The molecule has 1 aliphatic rings. The topological polar surface area (TPSA) is 128 Å². The van der Waals surface area contributed by atoms with Gasteiger partial charge < -0.3 is 29.8 Å². The maximum atomic E-state index is 11.5. The number of alkyl carbamates (subject to hydrolysis) is 1. The molecule has 0 aromatic carbocycles. The van der Waals surface area contributed by atoms with Gasteiger partial charge in [0.15, 0.2) is 0 Å². The van der Waals surface area contributed by atoms with Gasteiger partial charge in [0.2, 0.25) is 6.29 Å². The standard InChI is InChI=1S/C14H25NO4.CH2O3.2Na/c1-10(2)13(16)18-11(3)19-14(17)15-9-12-7-5-4-6-8-12;2-1(3)4;;/h10-12H,4-9H2,1-3H3,(H,15,17);(H2,2,3,4);;/q;;2*+1/p-2/t11-;;;/m0.../s1. The van der Waals surface area contributed by atoms with Crippen molar-refractivity contribution in [3.05, 3.63) is 0 Å². The number of nitrogens with one attached hydrogen (secondary N) is 1. The van der Waals surface area contributed by atoms with Gasteiger partial charge in [0.05, 0.1) is 5.92 Å². The van der Waals surface area contributed by atoms with Gasteiger partial charge in [0.1, 0.15) is 0 Å². The van der Waals surface area contributed by atoms with Gasteiger partial charge in [0.25, 0.3) is 0 Å². The molecule has 0 heterocycles. The first-order valence-electron chi connectivity index (χ1n) is 7.75. The first kappa shape index (κ1) is 29.8. The summed E-state index contributed by atoms with van der Waals surface area (Å²) in [5.41, 5.74) is 0. The first-order chi connectivity index (χ1) is 10.7. The van der Waals surface area contributed by atoms with Gasteiger partial charge in [-0.3, -0.25) is 4.79 Å². The van der Waals surface area contributed by atoms with Gasteiger partial charge >= 0.3 is 71.2 Å². The normalized spacial score (nSPS) is 14.6. The van der Waals surface area contributed by atoms with Crippen LogP contribution in [0.4, 0.5) is 9.59 Å². The zero-order valence-corrected chi connectivity index (χ0v) is 19.8. The second kappa shape index (κ2) is 17.4. The van der Waals surface area contributed by atoms with Crippen LogP contribution in [-0.2, 0) is 14.3 Å². The zero-order chi connectivity index (χ0) is 17.8. The molecule has 1 amide bonds. The molecule has 8 nitrogen and oxygen atoms in total. The van der Waals surface area contributed by atoms with Crippen molar-refractivity contribution in [2.24, 2.45) is 11.8 Å². The summed E-state index contributed by atoms with van der Waals surface area (Å²) in [5.74, 6) is -0.0428. The van der Waals surface area contributed by atoms with E-state index in [-0.39, 0.29) is 71.0 Å². The van der Waals surface area contributed by atoms with Crippen molar-refractivity contribution in [2.75, 3.05) is 6.54 Å². The summed E-state index contributed by atoms with van der Waals surface area (Å²) in [5, 5.41) is 19.4. The maximum absolute atomic E-state index is 11.5. The van der Waals surface area contributed by atoms with E-state index >= 15 is 0 Å². The third-order valence-corrected chi connectivity index (χ3v) is 3.29. The molecule has 1 aliphatic carbocycles. The molecule has 1 atom stereocenters. The molecule has 134 valence electrons. The van der Waals surface area contributed by atoms with Crippen LogP contribution < -0.4 is 74.6 Å². The molecule has 0 bridgehead atoms. The largest absolute Gasteiger partial charge is 1.00 e. The van der Waals surface area contributed by atoms with Crippen molar-refractivity contribution in [1.82, 2.24) is 5.32 Å². The van der Waals surface area contributed by atoms with Gasteiger partial charge in [-0.05, 0) is 24.9 Å². The van der Waals surface area contributed by atoms with Crippen molar-refractivity contribution in [3.8, 4) is 0 Å². The number of ether oxygens (including phenoxy) is 2. The predicted molar refractivity (Wildman–Crippen MR) is 76.8 cm³/mol. The van der Waals surface area contributed by atoms with Gasteiger partial charge in [-0.2, -0.15) is 0 Å². The quantitative estimate of drug-likeness (QED) is 0.287. The summed E-state index contributed by atoms with van der Waals surface area (Å²) in [4.78, 5) is 31.2. The van der Waals surface area contributed by atoms with E-state index in [9.17, 15) is 9.59 Å². The van der Waals surface area contributed by atoms with Crippen LogP contribution in [0.3, 0.4) is 0 Å². The van der Waals surface area contributed by atoms with E-state index in [2.05, 4.69) is 5.32 Å². The van der Waals surface area contributed by atoms with Crippen LogP contribution in [0.1, 0.15) is 52.9 Å². The van der Waals surface area contributed by atoms with Crippen LogP contribution in [0, 0.1) is 11.8 Å². The van der Waals surface area contributed by atoms with E-state index < -0.39 is 18.5 Å². The number of carboxylic acid groups (broad SMARTS) is 2. The molecule has 1 rings (SSSR count). The number of esters is 1. The fourth-order valence-electron chi connectivity index (χ4n) is 2.14. The average Bonchev–Trinajstić information content (AvgIpc) is 2.45. The van der Waals surface area contributed by atoms with Crippen LogP contribution in [0.25, 0.3) is 0 Å². The SMILES string of the molecule is CC(C)C(=O)O[C@H](C)OC(=O)NCC1CCCCC1.O=C([O-])[O-].[Na+].[Na+]. The summed E-state index contributed by atoms with van der Waals surface area (Å²) >= 11 is 0. The van der Waals surface area contributed by atoms with E-state index in [4.69, 9.17) is 24.5 Å². The van der Waals surface area contributed by atoms with Gasteiger partial charge in [-0.25, -0.2) is 4.79 Å². The van der Waals surface area contributed by atoms with Gasteiger partial charge in [-0.1, -0.05) is 33.1 Å². The molecule has 1 saturated carbocycles. The summed E-state index contributed by atoms with van der Waals surface area (Å²) in [6.07, 6.45) is 2.41. The Hall–Kier alpha value is 0.0100. The molecule has 0 aliphatic heterocycles. The number of rotatable bonds is 5. The van der Waals surface area contributed by atoms with Gasteiger partial charge in [-0.15, -0.1) is 0 Å². The summed E-state index contributed by atoms with van der Waals surface area (Å²) in [7, 11) is 0. The van der Waals surface area contributed by atoms with E-state index in [0.717, 1.165) is 12.8 Å². The Bertz CT molecular complexity index is 384. The molecule has 0 spiro atoms. The van der Waals surface area contributed by atoms with E-state index in [1.807, 2.05) is 0 Å². The Morgan fingerprint density at radius 3 is 1.92 bits per heavy atom. The van der Waals surface area contributed by atoms with Crippen molar-refractivity contribution in [3.63, 3.8) is 0 Å². The number of amides is 1. The average molecular weight is 377 g/mol. The molecular formula is C15H25NNa2O7. The Morgan fingerprint density at radius 1 is 1.00 bits per heavy atom. The molecule has 1 fully saturated rings. The Labute approximate surface area is 193 Å². The van der Waals surface area contributed by atoms with E-state index in [1.54, 1.807) is 20.8 Å². The van der Waals surface area contributed by atoms with Crippen LogP contribution >= 0.6 is 0 Å². The summed E-state index contributed by atoms with van der Waals surface area (Å²) < 4.78 is 9.92. The van der Waals surface area contributed by atoms with Crippen LogP contribution in [0.15, 0.2) is 0 Å². The van der Waals surface area contributed by atoms with Crippen molar-refractivity contribution < 1.29 is 93.2 Å². The minimum Gasteiger partial charge on any atom is -0.652 e. The minimum absolute atomic E-state index is 0. The second-order valence-electron chi connectivity index (χ2n) is 5.70. The number of hydrogen-bond acceptors (Lipinski definition) is 7.